The van der Waals surface area contributed by atoms with Crippen LogP contribution in [0.3, 0.4) is 0 Å². The third-order valence-corrected chi connectivity index (χ3v) is 4.43. The van der Waals surface area contributed by atoms with Gasteiger partial charge >= 0.3 is 6.18 Å². The van der Waals surface area contributed by atoms with Crippen LogP contribution in [0.25, 0.3) is 6.08 Å². The standard InChI is InChI=1S/C17H17ClF4/c1-2-11-3-5-12(6-4-11)13-9-15(18)14(16(19)10-13)7-8-17(20,21)22/h2,7-12H,1,3-6H2. The maximum Gasteiger partial charge on any atom is 0.409 e. The molecular formula is C17H17ClF4. The Bertz CT molecular complexity index is 544. The van der Waals surface area contributed by atoms with Gasteiger partial charge in [-0.3, -0.25) is 0 Å². The summed E-state index contributed by atoms with van der Waals surface area (Å²) in [7, 11) is 0. The Labute approximate surface area is 132 Å². The summed E-state index contributed by atoms with van der Waals surface area (Å²) in [5.74, 6) is -0.0248. The first-order chi connectivity index (χ1) is 10.3. The number of halogens is 5. The molecule has 0 heterocycles. The van der Waals surface area contributed by atoms with Gasteiger partial charge in [0.15, 0.2) is 0 Å². The minimum absolute atomic E-state index is 0.00768. The summed E-state index contributed by atoms with van der Waals surface area (Å²) in [6, 6.07) is 2.89. The Morgan fingerprint density at radius 2 is 1.77 bits per heavy atom. The van der Waals surface area contributed by atoms with Crippen molar-refractivity contribution in [2.24, 2.45) is 5.92 Å². The summed E-state index contributed by atoms with van der Waals surface area (Å²) < 4.78 is 50.6. The fourth-order valence-corrected chi connectivity index (χ4v) is 3.14. The fraction of sp³-hybridized carbons (Fsp3) is 0.412. The van der Waals surface area contributed by atoms with E-state index in [0.29, 0.717) is 12.0 Å². The van der Waals surface area contributed by atoms with Gasteiger partial charge in [-0.2, -0.15) is 13.2 Å². The second kappa shape index (κ2) is 6.86. The van der Waals surface area contributed by atoms with Crippen molar-refractivity contribution >= 4 is 17.7 Å². The van der Waals surface area contributed by atoms with Crippen molar-refractivity contribution in [1.82, 2.24) is 0 Å². The first-order valence-corrected chi connectivity index (χ1v) is 7.55. The lowest BCUT2D eigenvalue weighted by atomic mass is 9.78. The van der Waals surface area contributed by atoms with Gasteiger partial charge in [0.25, 0.3) is 0 Å². The summed E-state index contributed by atoms with van der Waals surface area (Å²) >= 11 is 5.96. The molecule has 0 unspecified atom stereocenters. The lowest BCUT2D eigenvalue weighted by Crippen LogP contribution is -2.12. The van der Waals surface area contributed by atoms with Gasteiger partial charge in [0, 0.05) is 11.6 Å². The maximum absolute atomic E-state index is 14.1. The molecule has 0 amide bonds. The quantitative estimate of drug-likeness (QED) is 0.437. The molecule has 0 N–H and O–H groups in total. The van der Waals surface area contributed by atoms with E-state index in [1.165, 1.54) is 6.07 Å². The Balaban J connectivity index is 2.20. The van der Waals surface area contributed by atoms with Crippen LogP contribution in [0.2, 0.25) is 5.02 Å². The molecule has 0 radical (unpaired) electrons. The number of alkyl halides is 3. The van der Waals surface area contributed by atoms with E-state index in [0.717, 1.165) is 31.2 Å². The summed E-state index contributed by atoms with van der Waals surface area (Å²) in [6.45, 7) is 3.78. The van der Waals surface area contributed by atoms with Crippen molar-refractivity contribution < 1.29 is 17.6 Å². The Hall–Kier alpha value is -1.29. The fourth-order valence-electron chi connectivity index (χ4n) is 2.86. The Kier molecular flexibility index (Phi) is 5.32. The molecule has 1 fully saturated rings. The number of hydrogen-bond donors (Lipinski definition) is 0. The number of hydrogen-bond acceptors (Lipinski definition) is 0. The molecule has 0 nitrogen and oxygen atoms in total. The van der Waals surface area contributed by atoms with Gasteiger partial charge in [-0.15, -0.1) is 6.58 Å². The van der Waals surface area contributed by atoms with Crippen molar-refractivity contribution in [3.63, 3.8) is 0 Å². The van der Waals surface area contributed by atoms with Crippen molar-refractivity contribution in [2.45, 2.75) is 37.8 Å². The molecule has 1 saturated carbocycles. The first-order valence-electron chi connectivity index (χ1n) is 7.17. The zero-order chi connectivity index (χ0) is 16.3. The highest BCUT2D eigenvalue weighted by molar-refractivity contribution is 6.32. The van der Waals surface area contributed by atoms with Crippen molar-refractivity contribution in [2.75, 3.05) is 0 Å². The number of rotatable bonds is 3. The molecule has 0 saturated heterocycles. The van der Waals surface area contributed by atoms with Crippen LogP contribution in [-0.4, -0.2) is 6.18 Å². The molecule has 0 aliphatic heterocycles. The Morgan fingerprint density at radius 3 is 2.27 bits per heavy atom. The average Bonchev–Trinajstić information content (AvgIpc) is 2.45. The van der Waals surface area contributed by atoms with Crippen LogP contribution >= 0.6 is 11.6 Å². The van der Waals surface area contributed by atoms with E-state index < -0.39 is 12.0 Å². The van der Waals surface area contributed by atoms with Crippen LogP contribution < -0.4 is 0 Å². The van der Waals surface area contributed by atoms with E-state index in [1.807, 2.05) is 6.08 Å². The average molecular weight is 333 g/mol. The van der Waals surface area contributed by atoms with Crippen LogP contribution in [0, 0.1) is 11.7 Å². The highest BCUT2D eigenvalue weighted by Gasteiger charge is 2.24. The summed E-state index contributed by atoms with van der Waals surface area (Å²) in [4.78, 5) is 0. The zero-order valence-corrected chi connectivity index (χ0v) is 12.7. The molecule has 1 aromatic carbocycles. The van der Waals surface area contributed by atoms with Crippen molar-refractivity contribution in [3.8, 4) is 0 Å². The molecule has 0 spiro atoms. The lowest BCUT2D eigenvalue weighted by Gasteiger charge is -2.27. The van der Waals surface area contributed by atoms with E-state index >= 15 is 0 Å². The number of allylic oxidation sites excluding steroid dienone is 2. The monoisotopic (exact) mass is 332 g/mol. The first kappa shape index (κ1) is 17.1. The highest BCUT2D eigenvalue weighted by atomic mass is 35.5. The van der Waals surface area contributed by atoms with E-state index in [4.69, 9.17) is 11.6 Å². The van der Waals surface area contributed by atoms with Gasteiger partial charge in [0.05, 0.1) is 5.02 Å². The molecule has 22 heavy (non-hydrogen) atoms. The summed E-state index contributed by atoms with van der Waals surface area (Å²) in [6.07, 6.45) is 1.91. The van der Waals surface area contributed by atoms with Gasteiger partial charge in [0.1, 0.15) is 5.82 Å². The third kappa shape index (κ3) is 4.35. The van der Waals surface area contributed by atoms with Gasteiger partial charge in [-0.05, 0) is 61.3 Å². The molecule has 5 heteroatoms. The predicted octanol–water partition coefficient (Wildman–Crippen LogP) is 6.51. The second-order valence-electron chi connectivity index (χ2n) is 5.62. The molecule has 1 aromatic rings. The van der Waals surface area contributed by atoms with Crippen LogP contribution in [0.15, 0.2) is 30.9 Å². The second-order valence-corrected chi connectivity index (χ2v) is 6.03. The zero-order valence-electron chi connectivity index (χ0n) is 12.0. The molecule has 0 atom stereocenters. The molecular weight excluding hydrogens is 316 g/mol. The molecule has 2 rings (SSSR count). The van der Waals surface area contributed by atoms with E-state index in [2.05, 4.69) is 6.58 Å². The van der Waals surface area contributed by atoms with E-state index in [1.54, 1.807) is 6.07 Å². The third-order valence-electron chi connectivity index (χ3n) is 4.12. The van der Waals surface area contributed by atoms with Gasteiger partial charge in [-0.1, -0.05) is 17.7 Å². The molecule has 0 aromatic heterocycles. The minimum Gasteiger partial charge on any atom is -0.206 e. The summed E-state index contributed by atoms with van der Waals surface area (Å²) in [5, 5.41) is 0.0151. The normalized spacial score (nSPS) is 23.0. The summed E-state index contributed by atoms with van der Waals surface area (Å²) in [5.41, 5.74) is 0.539. The lowest BCUT2D eigenvalue weighted by molar-refractivity contribution is -0.0790. The van der Waals surface area contributed by atoms with Crippen molar-refractivity contribution in [3.05, 3.63) is 52.8 Å². The Morgan fingerprint density at radius 1 is 1.14 bits per heavy atom. The molecule has 0 bridgehead atoms. The van der Waals surface area contributed by atoms with Gasteiger partial charge in [-0.25, -0.2) is 4.39 Å². The largest absolute Gasteiger partial charge is 0.409 e. The van der Waals surface area contributed by atoms with E-state index in [-0.39, 0.29) is 22.6 Å². The molecule has 1 aliphatic carbocycles. The number of benzene rings is 1. The van der Waals surface area contributed by atoms with E-state index in [9.17, 15) is 17.6 Å². The van der Waals surface area contributed by atoms with Gasteiger partial charge in [0.2, 0.25) is 0 Å². The van der Waals surface area contributed by atoms with Crippen molar-refractivity contribution in [1.29, 1.82) is 0 Å². The van der Waals surface area contributed by atoms with Crippen LogP contribution in [0.4, 0.5) is 17.6 Å². The van der Waals surface area contributed by atoms with Crippen LogP contribution in [0.5, 0.6) is 0 Å². The molecule has 1 aliphatic rings. The maximum atomic E-state index is 14.1. The predicted molar refractivity (Wildman–Crippen MR) is 81.4 cm³/mol. The SMILES string of the molecule is C=CC1CCC(c2cc(F)c(C=CC(F)(F)F)c(Cl)c2)CC1. The highest BCUT2D eigenvalue weighted by Crippen LogP contribution is 2.38. The van der Waals surface area contributed by atoms with Gasteiger partial charge < -0.3 is 0 Å². The molecule has 120 valence electrons. The smallest absolute Gasteiger partial charge is 0.206 e. The topological polar surface area (TPSA) is 0 Å². The van der Waals surface area contributed by atoms with Crippen LogP contribution in [-0.2, 0) is 0 Å². The minimum atomic E-state index is -4.49. The van der Waals surface area contributed by atoms with Crippen LogP contribution in [0.1, 0.15) is 42.7 Å².